The van der Waals surface area contributed by atoms with E-state index in [1.54, 1.807) is 0 Å². The van der Waals surface area contributed by atoms with Crippen LogP contribution in [0.3, 0.4) is 0 Å². The van der Waals surface area contributed by atoms with Gasteiger partial charge in [-0.05, 0) is 77.2 Å². The first kappa shape index (κ1) is 37.5. The van der Waals surface area contributed by atoms with Gasteiger partial charge in [0.15, 0.2) is 0 Å². The van der Waals surface area contributed by atoms with Crippen LogP contribution in [0, 0.1) is 0 Å². The van der Waals surface area contributed by atoms with Crippen molar-refractivity contribution >= 4 is 5.97 Å². The molecule has 2 fully saturated rings. The molecular formula is C37H66O7. The van der Waals surface area contributed by atoms with E-state index in [0.717, 1.165) is 63.4 Å². The summed E-state index contributed by atoms with van der Waals surface area (Å²) in [6.07, 6.45) is 25.6. The van der Waals surface area contributed by atoms with Crippen molar-refractivity contribution in [2.45, 2.75) is 217 Å². The molecule has 3 rings (SSSR count). The van der Waals surface area contributed by atoms with E-state index in [2.05, 4.69) is 6.92 Å². The lowest BCUT2D eigenvalue weighted by atomic mass is 9.97. The molecule has 0 amide bonds. The molecule has 0 unspecified atom stereocenters. The van der Waals surface area contributed by atoms with Crippen LogP contribution in [0.5, 0.6) is 0 Å². The van der Waals surface area contributed by atoms with Gasteiger partial charge in [0, 0.05) is 5.57 Å². The number of aliphatic hydroxyl groups is 3. The molecular weight excluding hydrogens is 556 g/mol. The van der Waals surface area contributed by atoms with E-state index in [4.69, 9.17) is 14.2 Å². The van der Waals surface area contributed by atoms with Crippen molar-refractivity contribution in [1.29, 1.82) is 0 Å². The van der Waals surface area contributed by atoms with Crippen LogP contribution in [-0.2, 0) is 19.0 Å². The van der Waals surface area contributed by atoms with Crippen LogP contribution in [0.4, 0.5) is 0 Å². The van der Waals surface area contributed by atoms with Crippen LogP contribution < -0.4 is 0 Å². The Labute approximate surface area is 268 Å². The van der Waals surface area contributed by atoms with E-state index in [0.29, 0.717) is 25.4 Å². The summed E-state index contributed by atoms with van der Waals surface area (Å²) in [5.41, 5.74) is 0.859. The molecule has 2 saturated heterocycles. The Hall–Kier alpha value is -0.990. The van der Waals surface area contributed by atoms with Gasteiger partial charge < -0.3 is 29.5 Å². The molecule has 7 heteroatoms. The lowest BCUT2D eigenvalue weighted by Crippen LogP contribution is -2.33. The van der Waals surface area contributed by atoms with E-state index >= 15 is 0 Å². The summed E-state index contributed by atoms with van der Waals surface area (Å²) in [6.45, 7) is 4.14. The average molecular weight is 623 g/mol. The van der Waals surface area contributed by atoms with Gasteiger partial charge in [0.05, 0.1) is 42.7 Å². The maximum Gasteiger partial charge on any atom is 0.334 e. The fraction of sp³-hybridized carbons (Fsp3) is 0.919. The average Bonchev–Trinajstić information content (AvgIpc) is 3.76. The highest BCUT2D eigenvalue weighted by molar-refractivity contribution is 5.90. The van der Waals surface area contributed by atoms with Crippen LogP contribution in [0.15, 0.2) is 11.6 Å². The van der Waals surface area contributed by atoms with Crippen LogP contribution >= 0.6 is 0 Å². The maximum absolute atomic E-state index is 11.7. The third-order valence-corrected chi connectivity index (χ3v) is 10.1. The van der Waals surface area contributed by atoms with Crippen molar-refractivity contribution in [2.75, 3.05) is 0 Å². The van der Waals surface area contributed by atoms with Gasteiger partial charge in [0.1, 0.15) is 6.10 Å². The summed E-state index contributed by atoms with van der Waals surface area (Å²) in [7, 11) is 0. The second kappa shape index (κ2) is 21.7. The molecule has 0 aromatic carbocycles. The number of carbonyl (C=O) groups excluding carboxylic acids is 1. The summed E-state index contributed by atoms with van der Waals surface area (Å²) in [4.78, 5) is 11.7. The first-order valence-electron chi connectivity index (χ1n) is 18.6. The minimum Gasteiger partial charge on any atom is -0.455 e. The molecule has 3 aliphatic heterocycles. The van der Waals surface area contributed by atoms with Gasteiger partial charge in [-0.3, -0.25) is 0 Å². The Balaban J connectivity index is 1.15. The fourth-order valence-electron chi connectivity index (χ4n) is 7.25. The molecule has 0 aliphatic carbocycles. The van der Waals surface area contributed by atoms with Crippen molar-refractivity contribution < 1.29 is 34.3 Å². The fourth-order valence-corrected chi connectivity index (χ4v) is 7.25. The zero-order valence-electron chi connectivity index (χ0n) is 28.1. The van der Waals surface area contributed by atoms with Gasteiger partial charge in [-0.1, -0.05) is 96.8 Å². The van der Waals surface area contributed by atoms with Crippen LogP contribution in [0.25, 0.3) is 0 Å². The minimum atomic E-state index is -0.781. The molecule has 0 aromatic rings. The molecule has 0 aromatic heterocycles. The zero-order chi connectivity index (χ0) is 31.6. The number of cyclic esters (lactones) is 1. The molecule has 256 valence electrons. The molecule has 44 heavy (non-hydrogen) atoms. The molecule has 8 atom stereocenters. The Morgan fingerprint density at radius 2 is 1.30 bits per heavy atom. The Kier molecular flexibility index (Phi) is 18.5. The standard InChI is InChI=1S/C37H66O7/c1-3-4-5-6-7-11-14-17-20-31(38)32(39)22-23-33(40)34-25-26-36(44-34)35-24-21-30(43-35)19-16-13-10-8-9-12-15-18-29-27-28(2)42-37(29)41/h27-28,30-36,38-40H,3-26H2,1-2H3/t28-,30+,31+,32+,33+,34+,35-,36-/m0/s1. The van der Waals surface area contributed by atoms with Crippen LogP contribution in [0.1, 0.15) is 168 Å². The quantitative estimate of drug-likeness (QED) is 0.0703. The maximum atomic E-state index is 11.7. The molecule has 7 nitrogen and oxygen atoms in total. The van der Waals surface area contributed by atoms with Crippen molar-refractivity contribution in [3.05, 3.63) is 11.6 Å². The number of rotatable bonds is 25. The second-order valence-electron chi connectivity index (χ2n) is 14.0. The second-order valence-corrected chi connectivity index (χ2v) is 14.0. The lowest BCUT2D eigenvalue weighted by molar-refractivity contribution is -0.139. The van der Waals surface area contributed by atoms with E-state index in [-0.39, 0.29) is 30.4 Å². The minimum absolute atomic E-state index is 0.0571. The number of hydrogen-bond donors (Lipinski definition) is 3. The van der Waals surface area contributed by atoms with E-state index in [9.17, 15) is 20.1 Å². The first-order valence-corrected chi connectivity index (χ1v) is 18.6. The lowest BCUT2D eigenvalue weighted by Gasteiger charge is -2.24. The third-order valence-electron chi connectivity index (χ3n) is 10.1. The number of carbonyl (C=O) groups is 1. The summed E-state index contributed by atoms with van der Waals surface area (Å²) in [5.74, 6) is -0.127. The van der Waals surface area contributed by atoms with E-state index in [1.165, 1.54) is 77.0 Å². The summed E-state index contributed by atoms with van der Waals surface area (Å²) >= 11 is 0. The molecule has 0 saturated carbocycles. The summed E-state index contributed by atoms with van der Waals surface area (Å²) in [6, 6.07) is 0. The first-order chi connectivity index (χ1) is 21.4. The molecule has 3 aliphatic rings. The summed E-state index contributed by atoms with van der Waals surface area (Å²) < 4.78 is 17.8. The smallest absolute Gasteiger partial charge is 0.334 e. The highest BCUT2D eigenvalue weighted by Gasteiger charge is 2.39. The van der Waals surface area contributed by atoms with Gasteiger partial charge in [-0.15, -0.1) is 0 Å². The van der Waals surface area contributed by atoms with Gasteiger partial charge in [0.2, 0.25) is 0 Å². The number of hydrogen-bond acceptors (Lipinski definition) is 7. The topological polar surface area (TPSA) is 105 Å². The number of aliphatic hydroxyl groups excluding tert-OH is 3. The highest BCUT2D eigenvalue weighted by atomic mass is 16.6. The normalized spacial score (nSPS) is 27.4. The Morgan fingerprint density at radius 1 is 0.705 bits per heavy atom. The molecule has 0 spiro atoms. The largest absolute Gasteiger partial charge is 0.455 e. The summed E-state index contributed by atoms with van der Waals surface area (Å²) in [5, 5.41) is 31.6. The zero-order valence-corrected chi connectivity index (χ0v) is 28.1. The monoisotopic (exact) mass is 622 g/mol. The highest BCUT2D eigenvalue weighted by Crippen LogP contribution is 2.34. The van der Waals surface area contributed by atoms with Crippen LogP contribution in [0.2, 0.25) is 0 Å². The van der Waals surface area contributed by atoms with Gasteiger partial charge in [-0.2, -0.15) is 0 Å². The third kappa shape index (κ3) is 14.2. The van der Waals surface area contributed by atoms with Gasteiger partial charge in [-0.25, -0.2) is 4.79 Å². The number of ether oxygens (including phenoxy) is 3. The Morgan fingerprint density at radius 3 is 1.98 bits per heavy atom. The Bertz CT molecular complexity index is 801. The van der Waals surface area contributed by atoms with Crippen molar-refractivity contribution in [1.82, 2.24) is 0 Å². The number of unbranched alkanes of at least 4 members (excludes halogenated alkanes) is 13. The SMILES string of the molecule is CCCCCCCCCC[C@@H](O)[C@H](O)CC[C@@H](O)[C@H]1CC[C@@H]([C@@H]2CC[C@@H](CCCCCCCCCC3=C[C@H](C)OC3=O)O2)O1. The molecule has 0 radical (unpaired) electrons. The molecule has 3 N–H and O–H groups in total. The number of esters is 1. The van der Waals surface area contributed by atoms with E-state index < -0.39 is 18.3 Å². The van der Waals surface area contributed by atoms with Crippen molar-refractivity contribution in [2.24, 2.45) is 0 Å². The van der Waals surface area contributed by atoms with Gasteiger partial charge >= 0.3 is 5.97 Å². The predicted molar refractivity (Wildman–Crippen MR) is 175 cm³/mol. The van der Waals surface area contributed by atoms with E-state index in [1.807, 2.05) is 13.0 Å². The predicted octanol–water partition coefficient (Wildman–Crippen LogP) is 7.86. The molecule has 3 heterocycles. The van der Waals surface area contributed by atoms with Crippen molar-refractivity contribution in [3.8, 4) is 0 Å². The molecule has 0 bridgehead atoms. The van der Waals surface area contributed by atoms with Crippen LogP contribution in [-0.4, -0.2) is 70.1 Å². The van der Waals surface area contributed by atoms with Crippen molar-refractivity contribution in [3.63, 3.8) is 0 Å². The van der Waals surface area contributed by atoms with Gasteiger partial charge in [0.25, 0.3) is 0 Å².